The Balaban J connectivity index is 1.69. The first-order valence-electron chi connectivity index (χ1n) is 11.2. The monoisotopic (exact) mass is 477 g/mol. The second kappa shape index (κ2) is 9.80. The van der Waals surface area contributed by atoms with Crippen LogP contribution in [-0.4, -0.2) is 36.1 Å². The number of benzene rings is 2. The van der Waals surface area contributed by atoms with Crippen molar-refractivity contribution in [1.29, 1.82) is 0 Å². The van der Waals surface area contributed by atoms with Crippen LogP contribution in [0.15, 0.2) is 58.5 Å². The summed E-state index contributed by atoms with van der Waals surface area (Å²) in [5.41, 5.74) is 1.54. The molecular formula is C25H27N5O3S. The fourth-order valence-corrected chi connectivity index (χ4v) is 4.60. The SMILES string of the molecule is CC(=O)c1ccccc1NC(=O)C(C)Sc1nnc2n(CCC(C)C)c(=O)c3ccccc3n12. The summed E-state index contributed by atoms with van der Waals surface area (Å²) in [5, 5.41) is 12.1. The molecule has 176 valence electrons. The van der Waals surface area contributed by atoms with Crippen LogP contribution in [0.3, 0.4) is 0 Å². The van der Waals surface area contributed by atoms with E-state index in [2.05, 4.69) is 29.4 Å². The molecule has 2 aromatic heterocycles. The number of rotatable bonds is 8. The third-order valence-corrected chi connectivity index (χ3v) is 6.67. The molecule has 0 radical (unpaired) electrons. The molecule has 0 spiro atoms. The summed E-state index contributed by atoms with van der Waals surface area (Å²) in [6.45, 7) is 7.99. The minimum Gasteiger partial charge on any atom is -0.324 e. The molecule has 0 aliphatic rings. The number of Topliss-reactive ketones (excluding diaryl/α,β-unsaturated/α-hetero) is 1. The number of carbonyl (C=O) groups is 2. The molecule has 1 atom stereocenters. The Labute approximate surface area is 201 Å². The van der Waals surface area contributed by atoms with E-state index in [1.807, 2.05) is 22.6 Å². The van der Waals surface area contributed by atoms with Crippen LogP contribution in [0.5, 0.6) is 0 Å². The molecule has 34 heavy (non-hydrogen) atoms. The molecule has 8 nitrogen and oxygen atoms in total. The number of hydrogen-bond acceptors (Lipinski definition) is 6. The zero-order chi connectivity index (χ0) is 24.4. The summed E-state index contributed by atoms with van der Waals surface area (Å²) in [7, 11) is 0. The molecule has 4 aromatic rings. The van der Waals surface area contributed by atoms with Gasteiger partial charge >= 0.3 is 0 Å². The first-order chi connectivity index (χ1) is 16.3. The van der Waals surface area contributed by atoms with Gasteiger partial charge in [-0.3, -0.25) is 23.4 Å². The summed E-state index contributed by atoms with van der Waals surface area (Å²) in [4.78, 5) is 38.0. The number of nitrogens with one attached hydrogen (secondary N) is 1. The second-order valence-electron chi connectivity index (χ2n) is 8.63. The van der Waals surface area contributed by atoms with Gasteiger partial charge in [-0.1, -0.05) is 49.9 Å². The topological polar surface area (TPSA) is 98.4 Å². The highest BCUT2D eigenvalue weighted by Crippen LogP contribution is 2.26. The summed E-state index contributed by atoms with van der Waals surface area (Å²) < 4.78 is 3.50. The molecule has 0 aliphatic carbocycles. The van der Waals surface area contributed by atoms with Gasteiger partial charge < -0.3 is 5.32 Å². The first kappa shape index (κ1) is 23.7. The van der Waals surface area contributed by atoms with Crippen LogP contribution in [0.25, 0.3) is 16.7 Å². The smallest absolute Gasteiger partial charge is 0.262 e. The summed E-state index contributed by atoms with van der Waals surface area (Å²) in [6, 6.07) is 14.3. The highest BCUT2D eigenvalue weighted by atomic mass is 32.2. The van der Waals surface area contributed by atoms with Crippen LogP contribution in [0.4, 0.5) is 5.69 Å². The number of amides is 1. The van der Waals surface area contributed by atoms with Crippen LogP contribution < -0.4 is 10.9 Å². The number of ketones is 1. The van der Waals surface area contributed by atoms with Crippen molar-refractivity contribution in [3.63, 3.8) is 0 Å². The van der Waals surface area contributed by atoms with E-state index in [1.54, 1.807) is 41.8 Å². The predicted molar refractivity (Wildman–Crippen MR) is 135 cm³/mol. The largest absolute Gasteiger partial charge is 0.324 e. The van der Waals surface area contributed by atoms with E-state index in [0.29, 0.717) is 45.6 Å². The highest BCUT2D eigenvalue weighted by molar-refractivity contribution is 8.00. The number of anilines is 1. The van der Waals surface area contributed by atoms with Gasteiger partial charge in [0.15, 0.2) is 10.9 Å². The van der Waals surface area contributed by atoms with Crippen LogP contribution in [0.2, 0.25) is 0 Å². The van der Waals surface area contributed by atoms with Crippen molar-refractivity contribution < 1.29 is 9.59 Å². The fraction of sp³-hybridized carbons (Fsp3) is 0.320. The molecule has 1 amide bonds. The number of fused-ring (bicyclic) bond motifs is 3. The van der Waals surface area contributed by atoms with Crippen molar-refractivity contribution in [2.45, 2.75) is 51.1 Å². The minimum absolute atomic E-state index is 0.0978. The summed E-state index contributed by atoms with van der Waals surface area (Å²) in [5.74, 6) is 0.511. The lowest BCUT2D eigenvalue weighted by molar-refractivity contribution is -0.115. The van der Waals surface area contributed by atoms with Crippen molar-refractivity contribution in [2.24, 2.45) is 5.92 Å². The first-order valence-corrected chi connectivity index (χ1v) is 12.1. The lowest BCUT2D eigenvalue weighted by Gasteiger charge is -2.14. The van der Waals surface area contributed by atoms with Gasteiger partial charge in [-0.15, -0.1) is 10.2 Å². The zero-order valence-electron chi connectivity index (χ0n) is 19.6. The van der Waals surface area contributed by atoms with E-state index in [1.165, 1.54) is 18.7 Å². The van der Waals surface area contributed by atoms with Crippen molar-refractivity contribution in [3.05, 3.63) is 64.4 Å². The molecule has 0 aliphatic heterocycles. The minimum atomic E-state index is -0.526. The molecule has 4 rings (SSSR count). The zero-order valence-corrected chi connectivity index (χ0v) is 20.4. The maximum absolute atomic E-state index is 13.2. The number of aromatic nitrogens is 4. The van der Waals surface area contributed by atoms with Gasteiger partial charge in [-0.25, -0.2) is 0 Å². The van der Waals surface area contributed by atoms with Crippen molar-refractivity contribution in [2.75, 3.05) is 5.32 Å². The molecule has 2 aromatic carbocycles. The molecule has 0 fully saturated rings. The van der Waals surface area contributed by atoms with E-state index in [4.69, 9.17) is 0 Å². The lowest BCUT2D eigenvalue weighted by Crippen LogP contribution is -2.25. The maximum Gasteiger partial charge on any atom is 0.262 e. The van der Waals surface area contributed by atoms with Crippen molar-refractivity contribution in [3.8, 4) is 0 Å². The van der Waals surface area contributed by atoms with Crippen LogP contribution in [0, 0.1) is 5.92 Å². The third-order valence-electron chi connectivity index (χ3n) is 5.62. The van der Waals surface area contributed by atoms with Gasteiger partial charge in [-0.05, 0) is 50.5 Å². The van der Waals surface area contributed by atoms with Crippen LogP contribution in [-0.2, 0) is 11.3 Å². The Hall–Kier alpha value is -3.46. The lowest BCUT2D eigenvalue weighted by atomic mass is 10.1. The summed E-state index contributed by atoms with van der Waals surface area (Å²) >= 11 is 1.25. The van der Waals surface area contributed by atoms with Gasteiger partial charge in [-0.2, -0.15) is 0 Å². The standard InChI is InChI=1S/C25H27N5O3S/c1-15(2)13-14-29-23(33)19-10-6-8-12-21(19)30-24(29)27-28-25(30)34-17(4)22(32)26-20-11-7-5-9-18(20)16(3)31/h5-12,15,17H,13-14H2,1-4H3,(H,26,32). The molecular weight excluding hydrogens is 450 g/mol. The second-order valence-corrected chi connectivity index (χ2v) is 9.93. The van der Waals surface area contributed by atoms with Gasteiger partial charge in [0.1, 0.15) is 0 Å². The van der Waals surface area contributed by atoms with E-state index in [9.17, 15) is 14.4 Å². The highest BCUT2D eigenvalue weighted by Gasteiger charge is 2.22. The Morgan fingerprint density at radius 2 is 1.74 bits per heavy atom. The van der Waals surface area contributed by atoms with E-state index >= 15 is 0 Å². The number of nitrogens with zero attached hydrogens (tertiary/aromatic N) is 4. The van der Waals surface area contributed by atoms with Crippen LogP contribution in [0.1, 0.15) is 44.5 Å². The molecule has 1 unspecified atom stereocenters. The Morgan fingerprint density at radius 1 is 1.03 bits per heavy atom. The number of aryl methyl sites for hydroxylation is 1. The average Bonchev–Trinajstić information content (AvgIpc) is 3.22. The van der Waals surface area contributed by atoms with Gasteiger partial charge in [0.25, 0.3) is 5.56 Å². The van der Waals surface area contributed by atoms with E-state index in [0.717, 1.165) is 6.42 Å². The van der Waals surface area contributed by atoms with Gasteiger partial charge in [0.2, 0.25) is 11.7 Å². The number of hydrogen-bond donors (Lipinski definition) is 1. The average molecular weight is 478 g/mol. The Morgan fingerprint density at radius 3 is 2.47 bits per heavy atom. The fourth-order valence-electron chi connectivity index (χ4n) is 3.74. The number of thioether (sulfide) groups is 1. The summed E-state index contributed by atoms with van der Waals surface area (Å²) in [6.07, 6.45) is 0.831. The van der Waals surface area contributed by atoms with Crippen LogP contribution >= 0.6 is 11.8 Å². The van der Waals surface area contributed by atoms with Gasteiger partial charge in [0, 0.05) is 12.1 Å². The van der Waals surface area contributed by atoms with E-state index < -0.39 is 5.25 Å². The Kier molecular flexibility index (Phi) is 6.83. The van der Waals surface area contributed by atoms with Crippen molar-refractivity contribution in [1.82, 2.24) is 19.2 Å². The normalized spacial score (nSPS) is 12.4. The molecule has 0 saturated heterocycles. The quantitative estimate of drug-likeness (QED) is 0.298. The van der Waals surface area contributed by atoms with Crippen molar-refractivity contribution >= 4 is 45.8 Å². The molecule has 0 saturated carbocycles. The predicted octanol–water partition coefficient (Wildman–Crippen LogP) is 4.41. The van der Waals surface area contributed by atoms with E-state index in [-0.39, 0.29) is 17.2 Å². The molecule has 9 heteroatoms. The molecule has 1 N–H and O–H groups in total. The molecule has 0 bridgehead atoms. The number of para-hydroxylation sites is 2. The third kappa shape index (κ3) is 4.61. The molecule has 2 heterocycles. The van der Waals surface area contributed by atoms with Gasteiger partial charge in [0.05, 0.1) is 21.8 Å². The maximum atomic E-state index is 13.2. The Bertz CT molecular complexity index is 1440. The number of carbonyl (C=O) groups excluding carboxylic acids is 2.